The molecule has 0 aromatic rings. The van der Waals surface area contributed by atoms with Crippen molar-refractivity contribution in [2.45, 2.75) is 65.5 Å². The molecular formula is C15H30N2. The molecule has 0 bridgehead atoms. The molecule has 2 rings (SSSR count). The van der Waals surface area contributed by atoms with E-state index < -0.39 is 0 Å². The van der Waals surface area contributed by atoms with Gasteiger partial charge in [0.25, 0.3) is 0 Å². The number of piperazine rings is 1. The molecule has 2 heteroatoms. The van der Waals surface area contributed by atoms with Crippen LogP contribution in [0, 0.1) is 11.3 Å². The highest BCUT2D eigenvalue weighted by Crippen LogP contribution is 2.34. The quantitative estimate of drug-likeness (QED) is 0.810. The Hall–Kier alpha value is -0.0800. The number of hydrogen-bond acceptors (Lipinski definition) is 2. The number of rotatable bonds is 4. The highest BCUT2D eigenvalue weighted by molar-refractivity contribution is 4.94. The zero-order chi connectivity index (χ0) is 12.5. The van der Waals surface area contributed by atoms with E-state index in [-0.39, 0.29) is 0 Å². The lowest BCUT2D eigenvalue weighted by atomic mass is 9.83. The third-order valence-electron chi connectivity index (χ3n) is 4.32. The Bertz CT molecular complexity index is 240. The first kappa shape index (κ1) is 13.4. The van der Waals surface area contributed by atoms with E-state index in [2.05, 4.69) is 37.9 Å². The van der Waals surface area contributed by atoms with Crippen molar-refractivity contribution in [1.82, 2.24) is 10.2 Å². The van der Waals surface area contributed by atoms with E-state index in [0.29, 0.717) is 5.41 Å². The molecule has 0 radical (unpaired) electrons. The highest BCUT2D eigenvalue weighted by Gasteiger charge is 2.37. The van der Waals surface area contributed by atoms with Crippen LogP contribution in [0.1, 0.15) is 53.4 Å². The fraction of sp³-hybridized carbons (Fsp3) is 1.00. The Balaban J connectivity index is 1.95. The minimum Gasteiger partial charge on any atom is -0.311 e. The zero-order valence-corrected chi connectivity index (χ0v) is 12.1. The second-order valence-corrected chi connectivity index (χ2v) is 7.17. The van der Waals surface area contributed by atoms with Gasteiger partial charge in [-0.15, -0.1) is 0 Å². The van der Waals surface area contributed by atoms with Gasteiger partial charge in [0.1, 0.15) is 0 Å². The summed E-state index contributed by atoms with van der Waals surface area (Å²) in [4.78, 5) is 2.79. The van der Waals surface area contributed by atoms with Crippen LogP contribution in [0.25, 0.3) is 0 Å². The fourth-order valence-electron chi connectivity index (χ4n) is 3.11. The summed E-state index contributed by atoms with van der Waals surface area (Å²) in [5.41, 5.74) is 0.402. The molecule has 1 saturated carbocycles. The van der Waals surface area contributed by atoms with Crippen molar-refractivity contribution in [2.75, 3.05) is 19.6 Å². The molecule has 100 valence electrons. The Morgan fingerprint density at radius 3 is 2.47 bits per heavy atom. The average molecular weight is 238 g/mol. The molecule has 1 aliphatic carbocycles. The van der Waals surface area contributed by atoms with Gasteiger partial charge in [-0.1, -0.05) is 34.1 Å². The maximum Gasteiger partial charge on any atom is 0.0269 e. The monoisotopic (exact) mass is 238 g/mol. The lowest BCUT2D eigenvalue weighted by Gasteiger charge is -2.46. The van der Waals surface area contributed by atoms with Crippen LogP contribution in [0.2, 0.25) is 0 Å². The second kappa shape index (κ2) is 5.27. The predicted octanol–water partition coefficient (Wildman–Crippen LogP) is 2.89. The molecule has 2 fully saturated rings. The Kier molecular flexibility index (Phi) is 4.14. The van der Waals surface area contributed by atoms with E-state index in [0.717, 1.165) is 18.0 Å². The van der Waals surface area contributed by atoms with Gasteiger partial charge in [0, 0.05) is 31.7 Å². The van der Waals surface area contributed by atoms with Crippen LogP contribution in [0.15, 0.2) is 0 Å². The van der Waals surface area contributed by atoms with Gasteiger partial charge in [-0.2, -0.15) is 0 Å². The largest absolute Gasteiger partial charge is 0.311 e. The number of nitrogens with zero attached hydrogens (tertiary/aromatic N) is 1. The molecule has 0 amide bonds. The fourth-order valence-corrected chi connectivity index (χ4v) is 3.11. The zero-order valence-electron chi connectivity index (χ0n) is 12.1. The van der Waals surface area contributed by atoms with Gasteiger partial charge in [-0.3, -0.25) is 4.90 Å². The Labute approximate surface area is 107 Å². The summed E-state index contributed by atoms with van der Waals surface area (Å²) in [6.45, 7) is 13.3. The van der Waals surface area contributed by atoms with Gasteiger partial charge in [-0.25, -0.2) is 0 Å². The summed E-state index contributed by atoms with van der Waals surface area (Å²) in [5, 5.41) is 3.76. The molecule has 2 atom stereocenters. The molecule has 1 aliphatic heterocycles. The molecule has 17 heavy (non-hydrogen) atoms. The summed E-state index contributed by atoms with van der Waals surface area (Å²) in [6, 6.07) is 1.45. The van der Waals surface area contributed by atoms with E-state index in [4.69, 9.17) is 0 Å². The third-order valence-corrected chi connectivity index (χ3v) is 4.32. The molecule has 0 aromatic carbocycles. The van der Waals surface area contributed by atoms with Crippen LogP contribution in [0.4, 0.5) is 0 Å². The van der Waals surface area contributed by atoms with Gasteiger partial charge in [0.2, 0.25) is 0 Å². The maximum absolute atomic E-state index is 3.76. The van der Waals surface area contributed by atoms with E-state index >= 15 is 0 Å². The highest BCUT2D eigenvalue weighted by atomic mass is 15.2. The lowest BCUT2D eigenvalue weighted by Crippen LogP contribution is -2.60. The Morgan fingerprint density at radius 2 is 1.94 bits per heavy atom. The van der Waals surface area contributed by atoms with E-state index in [1.54, 1.807) is 0 Å². The standard InChI is InChI=1S/C15H30N2/c1-5-6-13-11-17(10-12-7-8-12)14(9-16-13)15(2,3)4/h12-14,16H,5-11H2,1-4H3. The van der Waals surface area contributed by atoms with Gasteiger partial charge in [0.05, 0.1) is 0 Å². The maximum atomic E-state index is 3.76. The topological polar surface area (TPSA) is 15.3 Å². The van der Waals surface area contributed by atoms with Crippen LogP contribution in [-0.4, -0.2) is 36.6 Å². The average Bonchev–Trinajstić information content (AvgIpc) is 3.00. The van der Waals surface area contributed by atoms with Crippen molar-refractivity contribution >= 4 is 0 Å². The van der Waals surface area contributed by atoms with Crippen LogP contribution in [-0.2, 0) is 0 Å². The van der Waals surface area contributed by atoms with Crippen molar-refractivity contribution in [3.05, 3.63) is 0 Å². The van der Waals surface area contributed by atoms with Crippen molar-refractivity contribution in [3.8, 4) is 0 Å². The van der Waals surface area contributed by atoms with Crippen molar-refractivity contribution in [3.63, 3.8) is 0 Å². The first-order valence-corrected chi connectivity index (χ1v) is 7.48. The smallest absolute Gasteiger partial charge is 0.0269 e. The van der Waals surface area contributed by atoms with Gasteiger partial charge in [0.15, 0.2) is 0 Å². The molecule has 1 saturated heterocycles. The van der Waals surface area contributed by atoms with Gasteiger partial charge in [-0.05, 0) is 30.6 Å². The minimum atomic E-state index is 0.402. The predicted molar refractivity (Wildman–Crippen MR) is 74.2 cm³/mol. The number of hydrogen-bond donors (Lipinski definition) is 1. The number of nitrogens with one attached hydrogen (secondary N) is 1. The third kappa shape index (κ3) is 3.69. The minimum absolute atomic E-state index is 0.402. The summed E-state index contributed by atoms with van der Waals surface area (Å²) >= 11 is 0. The SMILES string of the molecule is CCCC1CN(CC2CC2)C(C(C)(C)C)CN1. The first-order chi connectivity index (χ1) is 8.00. The van der Waals surface area contributed by atoms with Crippen molar-refractivity contribution in [2.24, 2.45) is 11.3 Å². The van der Waals surface area contributed by atoms with Gasteiger partial charge < -0.3 is 5.32 Å². The Morgan fingerprint density at radius 1 is 1.24 bits per heavy atom. The van der Waals surface area contributed by atoms with Crippen LogP contribution in [0.3, 0.4) is 0 Å². The summed E-state index contributed by atoms with van der Waals surface area (Å²) < 4.78 is 0. The summed E-state index contributed by atoms with van der Waals surface area (Å²) in [6.07, 6.45) is 5.58. The van der Waals surface area contributed by atoms with Crippen molar-refractivity contribution in [1.29, 1.82) is 0 Å². The van der Waals surface area contributed by atoms with E-state index in [1.807, 2.05) is 0 Å². The summed E-state index contributed by atoms with van der Waals surface area (Å²) in [5.74, 6) is 1.01. The molecular weight excluding hydrogens is 208 g/mol. The normalized spacial score (nSPS) is 31.8. The first-order valence-electron chi connectivity index (χ1n) is 7.48. The molecule has 0 aromatic heterocycles. The second-order valence-electron chi connectivity index (χ2n) is 7.17. The molecule has 2 nitrogen and oxygen atoms in total. The van der Waals surface area contributed by atoms with Crippen LogP contribution < -0.4 is 5.32 Å². The van der Waals surface area contributed by atoms with E-state index in [1.165, 1.54) is 45.3 Å². The molecule has 0 spiro atoms. The lowest BCUT2D eigenvalue weighted by molar-refractivity contribution is 0.0501. The van der Waals surface area contributed by atoms with Crippen LogP contribution >= 0.6 is 0 Å². The summed E-state index contributed by atoms with van der Waals surface area (Å²) in [7, 11) is 0. The molecule has 1 N–H and O–H groups in total. The molecule has 1 heterocycles. The van der Waals surface area contributed by atoms with Crippen LogP contribution in [0.5, 0.6) is 0 Å². The van der Waals surface area contributed by atoms with E-state index in [9.17, 15) is 0 Å². The van der Waals surface area contributed by atoms with Gasteiger partial charge >= 0.3 is 0 Å². The van der Waals surface area contributed by atoms with Crippen molar-refractivity contribution < 1.29 is 0 Å². The molecule has 2 unspecified atom stereocenters. The molecule has 2 aliphatic rings.